The smallest absolute Gasteiger partial charge is 0.230 e. The largest absolute Gasteiger partial charge is 0.353 e. The van der Waals surface area contributed by atoms with E-state index in [0.29, 0.717) is 12.3 Å². The van der Waals surface area contributed by atoms with Gasteiger partial charge in [0.2, 0.25) is 5.91 Å². The van der Waals surface area contributed by atoms with Gasteiger partial charge in [0, 0.05) is 18.5 Å². The number of nitrogens with zero attached hydrogens (tertiary/aromatic N) is 2. The highest BCUT2D eigenvalue weighted by atomic mass is 32.2. The average molecular weight is 343 g/mol. The third-order valence-electron chi connectivity index (χ3n) is 3.79. The van der Waals surface area contributed by atoms with E-state index in [0.717, 1.165) is 11.4 Å². The summed E-state index contributed by atoms with van der Waals surface area (Å²) in [7, 11) is 4.07. The second kappa shape index (κ2) is 9.45. The molecule has 1 aromatic heterocycles. The Morgan fingerprint density at radius 1 is 1.21 bits per heavy atom. The number of benzene rings is 1. The summed E-state index contributed by atoms with van der Waals surface area (Å²) >= 11 is 1.58. The molecular formula is C19H25N3OS. The van der Waals surface area contributed by atoms with Gasteiger partial charge < -0.3 is 10.2 Å². The zero-order valence-electron chi connectivity index (χ0n) is 14.5. The van der Waals surface area contributed by atoms with E-state index in [-0.39, 0.29) is 11.9 Å². The van der Waals surface area contributed by atoms with E-state index in [2.05, 4.69) is 46.4 Å². The van der Waals surface area contributed by atoms with Crippen molar-refractivity contribution in [3.8, 4) is 0 Å². The van der Waals surface area contributed by atoms with Crippen molar-refractivity contribution in [3.63, 3.8) is 0 Å². The minimum absolute atomic E-state index is 0.0647. The van der Waals surface area contributed by atoms with Crippen LogP contribution < -0.4 is 5.32 Å². The molecular weight excluding hydrogens is 318 g/mol. The van der Waals surface area contributed by atoms with Gasteiger partial charge in [0.1, 0.15) is 0 Å². The number of aryl methyl sites for hydroxylation is 1. The SMILES string of the molecule is Cc1ccc(C(CNC(=O)CSCc2ccccn2)N(C)C)cc1. The summed E-state index contributed by atoms with van der Waals surface area (Å²) in [5, 5.41) is 3.04. The van der Waals surface area contributed by atoms with Crippen molar-refractivity contribution in [1.29, 1.82) is 0 Å². The maximum Gasteiger partial charge on any atom is 0.230 e. The second-order valence-corrected chi connectivity index (χ2v) is 6.99. The summed E-state index contributed by atoms with van der Waals surface area (Å²) in [5.41, 5.74) is 3.46. The zero-order chi connectivity index (χ0) is 17.4. The van der Waals surface area contributed by atoms with Crippen LogP contribution in [0.1, 0.15) is 22.9 Å². The van der Waals surface area contributed by atoms with Gasteiger partial charge in [0.15, 0.2) is 0 Å². The standard InChI is InChI=1S/C19H25N3OS/c1-15-7-9-16(10-8-15)18(22(2)3)12-21-19(23)14-24-13-17-6-4-5-11-20-17/h4-11,18H,12-14H2,1-3H3,(H,21,23). The number of amides is 1. The van der Waals surface area contributed by atoms with Crippen molar-refractivity contribution in [3.05, 3.63) is 65.5 Å². The molecule has 0 bridgehead atoms. The number of carbonyl (C=O) groups is 1. The van der Waals surface area contributed by atoms with Gasteiger partial charge in [0.25, 0.3) is 0 Å². The van der Waals surface area contributed by atoms with Gasteiger partial charge >= 0.3 is 0 Å². The van der Waals surface area contributed by atoms with Gasteiger partial charge in [-0.1, -0.05) is 35.9 Å². The van der Waals surface area contributed by atoms with E-state index in [1.807, 2.05) is 32.3 Å². The fraction of sp³-hybridized carbons (Fsp3) is 0.368. The number of hydrogen-bond donors (Lipinski definition) is 1. The van der Waals surface area contributed by atoms with E-state index in [1.165, 1.54) is 11.1 Å². The molecule has 1 N–H and O–H groups in total. The molecule has 0 radical (unpaired) electrons. The van der Waals surface area contributed by atoms with Crippen LogP contribution in [0.15, 0.2) is 48.7 Å². The predicted octanol–water partition coefficient (Wildman–Crippen LogP) is 3.04. The summed E-state index contributed by atoms with van der Waals surface area (Å²) in [6.07, 6.45) is 1.78. The van der Waals surface area contributed by atoms with E-state index in [4.69, 9.17) is 0 Å². The fourth-order valence-electron chi connectivity index (χ4n) is 2.38. The topological polar surface area (TPSA) is 45.2 Å². The Morgan fingerprint density at radius 2 is 1.96 bits per heavy atom. The van der Waals surface area contributed by atoms with Crippen LogP contribution in [0, 0.1) is 6.92 Å². The first-order valence-electron chi connectivity index (χ1n) is 8.03. The summed E-state index contributed by atoms with van der Waals surface area (Å²) in [5.74, 6) is 1.27. The Balaban J connectivity index is 1.79. The van der Waals surface area contributed by atoms with Crippen LogP contribution in [0.5, 0.6) is 0 Å². The Labute approximate surface area is 148 Å². The minimum atomic E-state index is 0.0647. The molecule has 4 nitrogen and oxygen atoms in total. The zero-order valence-corrected chi connectivity index (χ0v) is 15.3. The van der Waals surface area contributed by atoms with Crippen LogP contribution in [0.3, 0.4) is 0 Å². The molecule has 0 aliphatic carbocycles. The molecule has 0 spiro atoms. The summed E-state index contributed by atoms with van der Waals surface area (Å²) in [4.78, 5) is 18.5. The van der Waals surface area contributed by atoms with Gasteiger partial charge in [-0.05, 0) is 38.7 Å². The molecule has 0 saturated carbocycles. The molecule has 0 saturated heterocycles. The van der Waals surface area contributed by atoms with Gasteiger partial charge in [-0.3, -0.25) is 9.78 Å². The molecule has 1 aromatic carbocycles. The molecule has 1 atom stereocenters. The molecule has 1 amide bonds. The first-order valence-corrected chi connectivity index (χ1v) is 9.19. The molecule has 2 rings (SSSR count). The van der Waals surface area contributed by atoms with Crippen molar-refractivity contribution in [2.45, 2.75) is 18.7 Å². The number of hydrogen-bond acceptors (Lipinski definition) is 4. The van der Waals surface area contributed by atoms with Gasteiger partial charge in [-0.25, -0.2) is 0 Å². The molecule has 0 aliphatic heterocycles. The van der Waals surface area contributed by atoms with E-state index in [9.17, 15) is 4.79 Å². The number of pyridine rings is 1. The normalized spacial score (nSPS) is 12.2. The quantitative estimate of drug-likeness (QED) is 0.800. The van der Waals surface area contributed by atoms with Gasteiger partial charge in [0.05, 0.1) is 17.5 Å². The maximum absolute atomic E-state index is 12.1. The summed E-state index contributed by atoms with van der Waals surface area (Å²) in [6, 6.07) is 14.5. The minimum Gasteiger partial charge on any atom is -0.353 e. The predicted molar refractivity (Wildman–Crippen MR) is 101 cm³/mol. The van der Waals surface area contributed by atoms with Crippen LogP contribution in [0.2, 0.25) is 0 Å². The third kappa shape index (κ3) is 5.98. The molecule has 1 heterocycles. The van der Waals surface area contributed by atoms with Crippen LogP contribution >= 0.6 is 11.8 Å². The Hall–Kier alpha value is -1.85. The molecule has 24 heavy (non-hydrogen) atoms. The third-order valence-corrected chi connectivity index (χ3v) is 4.75. The number of aromatic nitrogens is 1. The number of nitrogens with one attached hydrogen (secondary N) is 1. The first-order chi connectivity index (χ1) is 11.6. The highest BCUT2D eigenvalue weighted by Crippen LogP contribution is 2.18. The molecule has 0 aliphatic rings. The Kier molecular flexibility index (Phi) is 7.28. The average Bonchev–Trinajstić information content (AvgIpc) is 2.57. The lowest BCUT2D eigenvalue weighted by molar-refractivity contribution is -0.118. The summed E-state index contributed by atoms with van der Waals surface area (Å²) in [6.45, 7) is 2.69. The molecule has 5 heteroatoms. The lowest BCUT2D eigenvalue weighted by Crippen LogP contribution is -2.35. The van der Waals surface area contributed by atoms with Crippen LogP contribution in [0.4, 0.5) is 0 Å². The van der Waals surface area contributed by atoms with E-state index < -0.39 is 0 Å². The van der Waals surface area contributed by atoms with E-state index >= 15 is 0 Å². The number of likely N-dealkylation sites (N-methyl/N-ethyl adjacent to an activating group) is 1. The Morgan fingerprint density at radius 3 is 2.58 bits per heavy atom. The fourth-order valence-corrected chi connectivity index (χ4v) is 3.15. The van der Waals surface area contributed by atoms with Gasteiger partial charge in [-0.2, -0.15) is 0 Å². The summed E-state index contributed by atoms with van der Waals surface area (Å²) < 4.78 is 0. The van der Waals surface area contributed by atoms with Crippen molar-refractivity contribution in [2.75, 3.05) is 26.4 Å². The number of carbonyl (C=O) groups excluding carboxylic acids is 1. The van der Waals surface area contributed by atoms with Crippen molar-refractivity contribution in [2.24, 2.45) is 0 Å². The highest BCUT2D eigenvalue weighted by Gasteiger charge is 2.15. The first kappa shape index (κ1) is 18.5. The number of rotatable bonds is 8. The van der Waals surface area contributed by atoms with E-state index in [1.54, 1.807) is 18.0 Å². The van der Waals surface area contributed by atoms with Crippen LogP contribution in [0.25, 0.3) is 0 Å². The van der Waals surface area contributed by atoms with Crippen molar-refractivity contribution >= 4 is 17.7 Å². The Bertz CT molecular complexity index is 629. The monoisotopic (exact) mass is 343 g/mol. The molecule has 2 aromatic rings. The van der Waals surface area contributed by atoms with Crippen molar-refractivity contribution < 1.29 is 4.79 Å². The van der Waals surface area contributed by atoms with Gasteiger partial charge in [-0.15, -0.1) is 11.8 Å². The molecule has 128 valence electrons. The lowest BCUT2D eigenvalue weighted by Gasteiger charge is -2.25. The maximum atomic E-state index is 12.1. The highest BCUT2D eigenvalue weighted by molar-refractivity contribution is 7.99. The molecule has 1 unspecified atom stereocenters. The van der Waals surface area contributed by atoms with Crippen LogP contribution in [-0.2, 0) is 10.5 Å². The second-order valence-electron chi connectivity index (χ2n) is 6.01. The molecule has 0 fully saturated rings. The lowest BCUT2D eigenvalue weighted by atomic mass is 10.0. The number of thioether (sulfide) groups is 1. The van der Waals surface area contributed by atoms with Crippen molar-refractivity contribution in [1.82, 2.24) is 15.2 Å². The van der Waals surface area contributed by atoms with Crippen LogP contribution in [-0.4, -0.2) is 42.2 Å².